The summed E-state index contributed by atoms with van der Waals surface area (Å²) in [5.74, 6) is -0.696. The van der Waals surface area contributed by atoms with Crippen LogP contribution in [0.5, 0.6) is 0 Å². The van der Waals surface area contributed by atoms with Gasteiger partial charge in [-0.3, -0.25) is 10.1 Å². The fourth-order valence-corrected chi connectivity index (χ4v) is 1.72. The largest absolute Gasteiger partial charge is 0.332 e. The predicted molar refractivity (Wildman–Crippen MR) is 63.8 cm³/mol. The summed E-state index contributed by atoms with van der Waals surface area (Å²) in [6.45, 7) is 0. The lowest BCUT2D eigenvalue weighted by Gasteiger charge is -2.03. The van der Waals surface area contributed by atoms with Crippen LogP contribution < -0.4 is 0 Å². The maximum Gasteiger partial charge on any atom is 0.332 e. The van der Waals surface area contributed by atoms with E-state index in [9.17, 15) is 14.5 Å². The second-order valence-electron chi connectivity index (χ2n) is 3.46. The average molecular weight is 279 g/mol. The Bertz CT molecular complexity index is 714. The van der Waals surface area contributed by atoms with Crippen molar-refractivity contribution in [1.82, 2.24) is 9.97 Å². The Morgan fingerprint density at radius 3 is 2.74 bits per heavy atom. The van der Waals surface area contributed by atoms with E-state index in [0.717, 1.165) is 18.5 Å². The van der Waals surface area contributed by atoms with Gasteiger partial charge >= 0.3 is 5.69 Å². The van der Waals surface area contributed by atoms with Gasteiger partial charge < -0.3 is 0 Å². The lowest BCUT2D eigenvalue weighted by Crippen LogP contribution is -1.98. The lowest BCUT2D eigenvalue weighted by molar-refractivity contribution is -0.384. The van der Waals surface area contributed by atoms with E-state index in [1.54, 1.807) is 6.07 Å². The minimum absolute atomic E-state index is 0.0269. The molecule has 0 fully saturated rings. The Kier molecular flexibility index (Phi) is 3.35. The highest BCUT2D eigenvalue weighted by molar-refractivity contribution is 6.31. The minimum Gasteiger partial charge on any atom is -0.258 e. The number of nitrogens with zero attached hydrogens (tertiary/aromatic N) is 4. The first kappa shape index (κ1) is 12.9. The average Bonchev–Trinajstić information content (AvgIpc) is 2.37. The first-order valence-corrected chi connectivity index (χ1v) is 5.26. The lowest BCUT2D eigenvalue weighted by atomic mass is 10.1. The normalized spacial score (nSPS) is 9.95. The fraction of sp³-hybridized carbons (Fsp3) is 0. The molecule has 19 heavy (non-hydrogen) atoms. The summed E-state index contributed by atoms with van der Waals surface area (Å²) in [5.41, 5.74) is -0.550. The maximum atomic E-state index is 13.3. The van der Waals surface area contributed by atoms with Gasteiger partial charge in [-0.05, 0) is 18.2 Å². The summed E-state index contributed by atoms with van der Waals surface area (Å²) >= 11 is 5.64. The number of hydrogen-bond donors (Lipinski definition) is 0. The minimum atomic E-state index is -0.755. The highest BCUT2D eigenvalue weighted by Gasteiger charge is 2.23. The van der Waals surface area contributed by atoms with Crippen molar-refractivity contribution >= 4 is 17.3 Å². The molecule has 0 unspecified atom stereocenters. The van der Waals surface area contributed by atoms with Crippen molar-refractivity contribution in [2.75, 3.05) is 0 Å². The molecule has 8 heteroatoms. The van der Waals surface area contributed by atoms with Gasteiger partial charge in [-0.15, -0.1) is 0 Å². The smallest absolute Gasteiger partial charge is 0.258 e. The van der Waals surface area contributed by atoms with Gasteiger partial charge in [0.1, 0.15) is 12.1 Å². The highest BCUT2D eigenvalue weighted by Crippen LogP contribution is 2.32. The predicted octanol–water partition coefficient (Wildman–Crippen LogP) is 2.72. The van der Waals surface area contributed by atoms with Crippen molar-refractivity contribution in [3.05, 3.63) is 51.2 Å². The second kappa shape index (κ2) is 4.96. The summed E-state index contributed by atoms with van der Waals surface area (Å²) in [4.78, 5) is 17.4. The third-order valence-corrected chi connectivity index (χ3v) is 2.54. The molecule has 1 heterocycles. The molecule has 0 saturated heterocycles. The van der Waals surface area contributed by atoms with E-state index < -0.39 is 16.4 Å². The molecule has 1 aromatic carbocycles. The van der Waals surface area contributed by atoms with Gasteiger partial charge in [-0.1, -0.05) is 11.6 Å². The molecule has 0 amide bonds. The van der Waals surface area contributed by atoms with Crippen LogP contribution in [-0.4, -0.2) is 14.9 Å². The van der Waals surface area contributed by atoms with Crippen molar-refractivity contribution in [3.63, 3.8) is 0 Å². The summed E-state index contributed by atoms with van der Waals surface area (Å²) < 4.78 is 13.3. The van der Waals surface area contributed by atoms with Crippen molar-refractivity contribution in [1.29, 1.82) is 5.26 Å². The van der Waals surface area contributed by atoms with E-state index in [1.165, 1.54) is 6.07 Å². The van der Waals surface area contributed by atoms with Crippen LogP contribution >= 0.6 is 11.6 Å². The first-order chi connectivity index (χ1) is 9.02. The molecule has 2 aromatic rings. The number of benzene rings is 1. The number of halogens is 2. The number of hydrogen-bond acceptors (Lipinski definition) is 5. The van der Waals surface area contributed by atoms with E-state index >= 15 is 0 Å². The standard InChI is InChI=1S/C11H4ClFN4O2/c12-11-10(17(18)19)9(15-5-16-11)7-1-6(4-14)2-8(13)3-7/h1-3,5H. The molecule has 0 aliphatic heterocycles. The molecule has 0 atom stereocenters. The highest BCUT2D eigenvalue weighted by atomic mass is 35.5. The third kappa shape index (κ3) is 2.48. The van der Waals surface area contributed by atoms with E-state index in [2.05, 4.69) is 9.97 Å². The van der Waals surface area contributed by atoms with Crippen molar-refractivity contribution in [2.24, 2.45) is 0 Å². The van der Waals surface area contributed by atoms with Gasteiger partial charge in [0, 0.05) is 5.56 Å². The van der Waals surface area contributed by atoms with Gasteiger partial charge in [0.25, 0.3) is 0 Å². The number of aromatic nitrogens is 2. The molecule has 0 aliphatic carbocycles. The van der Waals surface area contributed by atoms with Crippen LogP contribution in [-0.2, 0) is 0 Å². The van der Waals surface area contributed by atoms with E-state index in [1.807, 2.05) is 0 Å². The molecule has 0 radical (unpaired) electrons. The summed E-state index contributed by atoms with van der Waals surface area (Å²) in [5, 5.41) is 19.3. The van der Waals surface area contributed by atoms with Gasteiger partial charge in [0.05, 0.1) is 16.6 Å². The van der Waals surface area contributed by atoms with Crippen molar-refractivity contribution < 1.29 is 9.31 Å². The molecule has 0 spiro atoms. The molecule has 0 saturated carbocycles. The zero-order valence-corrected chi connectivity index (χ0v) is 9.93. The number of nitriles is 1. The quantitative estimate of drug-likeness (QED) is 0.478. The summed E-state index contributed by atoms with van der Waals surface area (Å²) in [6.07, 6.45) is 1.03. The van der Waals surface area contributed by atoms with Crippen LogP contribution in [0.3, 0.4) is 0 Å². The second-order valence-corrected chi connectivity index (χ2v) is 3.82. The molecule has 2 rings (SSSR count). The van der Waals surface area contributed by atoms with Crippen molar-refractivity contribution in [2.45, 2.75) is 0 Å². The molecule has 0 N–H and O–H groups in total. The molecule has 94 valence electrons. The van der Waals surface area contributed by atoms with Crippen LogP contribution in [0.2, 0.25) is 5.15 Å². The molecular weight excluding hydrogens is 275 g/mol. The third-order valence-electron chi connectivity index (χ3n) is 2.26. The summed E-state index contributed by atoms with van der Waals surface area (Å²) in [7, 11) is 0. The Balaban J connectivity index is 2.73. The molecular formula is C11H4ClFN4O2. The van der Waals surface area contributed by atoms with Crippen LogP contribution in [0, 0.1) is 27.3 Å². The summed E-state index contributed by atoms with van der Waals surface area (Å²) in [6, 6.07) is 5.09. The van der Waals surface area contributed by atoms with Crippen LogP contribution in [0.15, 0.2) is 24.5 Å². The topological polar surface area (TPSA) is 92.7 Å². The van der Waals surface area contributed by atoms with Gasteiger partial charge in [0.2, 0.25) is 5.15 Å². The first-order valence-electron chi connectivity index (χ1n) is 4.89. The van der Waals surface area contributed by atoms with Crippen LogP contribution in [0.1, 0.15) is 5.56 Å². The van der Waals surface area contributed by atoms with E-state index in [4.69, 9.17) is 16.9 Å². The van der Waals surface area contributed by atoms with E-state index in [0.29, 0.717) is 0 Å². The Morgan fingerprint density at radius 2 is 2.11 bits per heavy atom. The van der Waals surface area contributed by atoms with Gasteiger partial charge in [-0.25, -0.2) is 14.4 Å². The van der Waals surface area contributed by atoms with E-state index in [-0.39, 0.29) is 22.0 Å². The zero-order chi connectivity index (χ0) is 14.0. The number of nitro groups is 1. The van der Waals surface area contributed by atoms with Gasteiger partial charge in [0.15, 0.2) is 5.69 Å². The fourth-order valence-electron chi connectivity index (χ4n) is 1.52. The Hall–Kier alpha value is -2.59. The molecule has 1 aromatic heterocycles. The molecule has 0 aliphatic rings. The monoisotopic (exact) mass is 278 g/mol. The van der Waals surface area contributed by atoms with Gasteiger partial charge in [-0.2, -0.15) is 5.26 Å². The SMILES string of the molecule is N#Cc1cc(F)cc(-c2ncnc(Cl)c2[N+](=O)[O-])c1. The Labute approximate surface area is 111 Å². The molecule has 0 bridgehead atoms. The van der Waals surface area contributed by atoms with Crippen LogP contribution in [0.4, 0.5) is 10.1 Å². The maximum absolute atomic E-state index is 13.3. The Morgan fingerprint density at radius 1 is 1.37 bits per heavy atom. The van der Waals surface area contributed by atoms with Crippen molar-refractivity contribution in [3.8, 4) is 17.3 Å². The van der Waals surface area contributed by atoms with Crippen LogP contribution in [0.25, 0.3) is 11.3 Å². The molecule has 6 nitrogen and oxygen atoms in total. The zero-order valence-electron chi connectivity index (χ0n) is 9.17. The number of rotatable bonds is 2.